The predicted octanol–water partition coefficient (Wildman–Crippen LogP) is 2.98. The lowest BCUT2D eigenvalue weighted by Gasteiger charge is -2.04. The second kappa shape index (κ2) is 5.85. The van der Waals surface area contributed by atoms with E-state index >= 15 is 0 Å². The molecule has 0 amide bonds. The van der Waals surface area contributed by atoms with Crippen LogP contribution in [0, 0.1) is 13.8 Å². The quantitative estimate of drug-likeness (QED) is 0.566. The Hall–Kier alpha value is -2.51. The first kappa shape index (κ1) is 16.4. The summed E-state index contributed by atoms with van der Waals surface area (Å²) in [4.78, 5) is 22.6. The fourth-order valence-electron chi connectivity index (χ4n) is 2.41. The van der Waals surface area contributed by atoms with Gasteiger partial charge >= 0.3 is 5.97 Å². The third-order valence-electron chi connectivity index (χ3n) is 3.56. The molecule has 1 N–H and O–H groups in total. The van der Waals surface area contributed by atoms with Gasteiger partial charge < -0.3 is 5.11 Å². The Kier molecular flexibility index (Phi) is 3.98. The van der Waals surface area contributed by atoms with Crippen molar-refractivity contribution in [3.8, 4) is 11.1 Å². The van der Waals surface area contributed by atoms with Gasteiger partial charge in [0.25, 0.3) is 5.78 Å². The predicted molar refractivity (Wildman–Crippen MR) is 87.7 cm³/mol. The molecule has 9 heteroatoms. The van der Waals surface area contributed by atoms with E-state index < -0.39 is 11.8 Å². The summed E-state index contributed by atoms with van der Waals surface area (Å²) in [6.45, 7) is 3.33. The van der Waals surface area contributed by atoms with E-state index in [1.54, 1.807) is 32.0 Å². The fourth-order valence-corrected chi connectivity index (χ4v) is 2.71. The maximum atomic E-state index is 11.7. The topological polar surface area (TPSA) is 97.5 Å². The summed E-state index contributed by atoms with van der Waals surface area (Å²) in [5.41, 5.74) is 2.48. The van der Waals surface area contributed by atoms with Crippen molar-refractivity contribution < 1.29 is 14.7 Å². The van der Waals surface area contributed by atoms with Crippen LogP contribution < -0.4 is 0 Å². The summed E-state index contributed by atoms with van der Waals surface area (Å²) in [6, 6.07) is 5.11. The van der Waals surface area contributed by atoms with Crippen molar-refractivity contribution in [2.75, 3.05) is 0 Å². The fraction of sp³-hybridized carbons (Fsp3) is 0.133. The monoisotopic (exact) mass is 364 g/mol. The Bertz CT molecular complexity index is 1010. The molecule has 3 aromatic rings. The molecule has 0 radical (unpaired) electrons. The number of hydrogen-bond donors (Lipinski definition) is 1. The van der Waals surface area contributed by atoms with Crippen LogP contribution in [0.5, 0.6) is 0 Å². The van der Waals surface area contributed by atoms with Gasteiger partial charge in [-0.2, -0.15) is 5.10 Å². The summed E-state index contributed by atoms with van der Waals surface area (Å²) in [5.74, 6) is -2.73. The number of carboxylic acid groups (broad SMARTS) is 1. The number of benzene rings is 1. The smallest absolute Gasteiger partial charge is 0.379 e. The van der Waals surface area contributed by atoms with Crippen molar-refractivity contribution >= 4 is 40.6 Å². The van der Waals surface area contributed by atoms with E-state index in [4.69, 9.17) is 28.3 Å². The average Bonchev–Trinajstić information content (AvgIpc) is 2.87. The highest BCUT2D eigenvalue weighted by atomic mass is 35.5. The van der Waals surface area contributed by atoms with Crippen molar-refractivity contribution in [1.82, 2.24) is 19.8 Å². The maximum absolute atomic E-state index is 11.7. The second-order valence-corrected chi connectivity index (χ2v) is 5.91. The number of halogens is 2. The molecule has 7 nitrogen and oxygen atoms in total. The van der Waals surface area contributed by atoms with Crippen LogP contribution in [0.1, 0.15) is 21.9 Å². The van der Waals surface area contributed by atoms with Gasteiger partial charge in [-0.05, 0) is 31.5 Å². The van der Waals surface area contributed by atoms with E-state index in [-0.39, 0.29) is 5.69 Å². The number of ketones is 1. The number of aryl methyl sites for hydroxylation is 2. The van der Waals surface area contributed by atoms with Crippen LogP contribution in [0.2, 0.25) is 10.0 Å². The zero-order valence-corrected chi connectivity index (χ0v) is 14.1. The Morgan fingerprint density at radius 3 is 2.46 bits per heavy atom. The minimum atomic E-state index is -1.60. The lowest BCUT2D eigenvalue weighted by molar-refractivity contribution is -0.131. The molecule has 2 heterocycles. The first-order valence-electron chi connectivity index (χ1n) is 6.77. The van der Waals surface area contributed by atoms with E-state index in [2.05, 4.69) is 15.3 Å². The van der Waals surface area contributed by atoms with Gasteiger partial charge in [0.05, 0.1) is 27.0 Å². The number of carbonyl (C=O) groups is 2. The number of hydrogen-bond acceptors (Lipinski definition) is 5. The SMILES string of the molecule is Cc1nn2c(C)c(C(=O)C(=O)O)nnc2c1-c1ccc(Cl)c(Cl)c1. The minimum Gasteiger partial charge on any atom is -0.475 e. The minimum absolute atomic E-state index is 0.252. The molecule has 3 rings (SSSR count). The summed E-state index contributed by atoms with van der Waals surface area (Å²) in [5, 5.41) is 21.7. The molecule has 0 aliphatic rings. The maximum Gasteiger partial charge on any atom is 0.379 e. The highest BCUT2D eigenvalue weighted by Gasteiger charge is 2.24. The summed E-state index contributed by atoms with van der Waals surface area (Å²) in [6.07, 6.45) is 0. The van der Waals surface area contributed by atoms with E-state index in [1.165, 1.54) is 4.52 Å². The van der Waals surface area contributed by atoms with E-state index in [0.717, 1.165) is 5.56 Å². The Morgan fingerprint density at radius 2 is 1.83 bits per heavy atom. The number of carbonyl (C=O) groups excluding carboxylic acids is 1. The molecule has 0 atom stereocenters. The standard InChI is InChI=1S/C15H10Cl2N4O3/c1-6-11(8-3-4-9(16)10(17)5-8)14-19-18-12(13(22)15(23)24)7(2)21(14)20-6/h3-5H,1-2H3,(H,23,24). The highest BCUT2D eigenvalue weighted by Crippen LogP contribution is 2.32. The van der Waals surface area contributed by atoms with Crippen LogP contribution in [0.15, 0.2) is 18.2 Å². The molecule has 0 aliphatic carbocycles. The Labute approximate surface area is 145 Å². The number of carboxylic acids is 1. The second-order valence-electron chi connectivity index (χ2n) is 5.09. The van der Waals surface area contributed by atoms with E-state index in [9.17, 15) is 9.59 Å². The first-order valence-corrected chi connectivity index (χ1v) is 7.52. The summed E-state index contributed by atoms with van der Waals surface area (Å²) in [7, 11) is 0. The summed E-state index contributed by atoms with van der Waals surface area (Å²) < 4.78 is 1.40. The van der Waals surface area contributed by atoms with Crippen molar-refractivity contribution in [3.05, 3.63) is 45.3 Å². The van der Waals surface area contributed by atoms with E-state index in [0.29, 0.717) is 32.6 Å². The van der Waals surface area contributed by atoms with Crippen LogP contribution in [-0.2, 0) is 4.79 Å². The molecule has 0 bridgehead atoms. The summed E-state index contributed by atoms with van der Waals surface area (Å²) >= 11 is 12.0. The van der Waals surface area contributed by atoms with Gasteiger partial charge in [-0.25, -0.2) is 9.31 Å². The lowest BCUT2D eigenvalue weighted by atomic mass is 10.1. The molecule has 0 fully saturated rings. The average molecular weight is 365 g/mol. The van der Waals surface area contributed by atoms with Gasteiger partial charge in [0.2, 0.25) is 0 Å². The Morgan fingerprint density at radius 1 is 1.12 bits per heavy atom. The molecular formula is C15H10Cl2N4O3. The number of fused-ring (bicyclic) bond motifs is 1. The number of aliphatic carboxylic acids is 1. The van der Waals surface area contributed by atoms with Gasteiger partial charge in [0.15, 0.2) is 11.3 Å². The van der Waals surface area contributed by atoms with Gasteiger partial charge in [0, 0.05) is 0 Å². The molecule has 0 aliphatic heterocycles. The normalized spacial score (nSPS) is 11.0. The third-order valence-corrected chi connectivity index (χ3v) is 4.30. The van der Waals surface area contributed by atoms with Crippen molar-refractivity contribution in [3.63, 3.8) is 0 Å². The Balaban J connectivity index is 2.26. The molecule has 0 spiro atoms. The zero-order chi connectivity index (χ0) is 17.6. The zero-order valence-electron chi connectivity index (χ0n) is 12.5. The number of Topliss-reactive ketones (excluding diaryl/α,β-unsaturated/α-hetero) is 1. The number of aromatic nitrogens is 4. The van der Waals surface area contributed by atoms with Crippen LogP contribution in [0.25, 0.3) is 16.8 Å². The number of rotatable bonds is 3. The van der Waals surface area contributed by atoms with Crippen LogP contribution >= 0.6 is 23.2 Å². The molecular weight excluding hydrogens is 355 g/mol. The van der Waals surface area contributed by atoms with Gasteiger partial charge in [-0.3, -0.25) is 4.79 Å². The van der Waals surface area contributed by atoms with Crippen LogP contribution in [0.3, 0.4) is 0 Å². The molecule has 2 aromatic heterocycles. The third kappa shape index (κ3) is 2.51. The lowest BCUT2D eigenvalue weighted by Crippen LogP contribution is -2.19. The molecule has 0 saturated heterocycles. The van der Waals surface area contributed by atoms with Gasteiger partial charge in [-0.1, -0.05) is 29.3 Å². The molecule has 0 unspecified atom stereocenters. The van der Waals surface area contributed by atoms with Crippen molar-refractivity contribution in [2.24, 2.45) is 0 Å². The first-order chi connectivity index (χ1) is 11.3. The van der Waals surface area contributed by atoms with Crippen molar-refractivity contribution in [1.29, 1.82) is 0 Å². The highest BCUT2D eigenvalue weighted by molar-refractivity contribution is 6.42. The molecule has 122 valence electrons. The number of nitrogens with zero attached hydrogens (tertiary/aromatic N) is 4. The molecule has 24 heavy (non-hydrogen) atoms. The molecule has 0 saturated carbocycles. The van der Waals surface area contributed by atoms with Gasteiger partial charge in [0.1, 0.15) is 0 Å². The van der Waals surface area contributed by atoms with Gasteiger partial charge in [-0.15, -0.1) is 10.2 Å². The van der Waals surface area contributed by atoms with Crippen molar-refractivity contribution in [2.45, 2.75) is 13.8 Å². The van der Waals surface area contributed by atoms with Crippen LogP contribution in [0.4, 0.5) is 0 Å². The molecule has 1 aromatic carbocycles. The van der Waals surface area contributed by atoms with E-state index in [1.807, 2.05) is 0 Å². The van der Waals surface area contributed by atoms with Crippen LogP contribution in [-0.4, -0.2) is 36.7 Å². The largest absolute Gasteiger partial charge is 0.475 e.